The summed E-state index contributed by atoms with van der Waals surface area (Å²) in [5, 5.41) is 0. The Morgan fingerprint density at radius 1 is 1.29 bits per heavy atom. The molecule has 0 spiro atoms. The SMILES string of the molecule is CN1CCC(CN(C)S(=O)(=O)c2ccccc2CN)CC1. The van der Waals surface area contributed by atoms with Gasteiger partial charge in [0.1, 0.15) is 0 Å². The Morgan fingerprint density at radius 3 is 2.52 bits per heavy atom. The highest BCUT2D eigenvalue weighted by atomic mass is 32.2. The van der Waals surface area contributed by atoms with Crippen molar-refractivity contribution in [3.63, 3.8) is 0 Å². The second kappa shape index (κ2) is 6.87. The van der Waals surface area contributed by atoms with Gasteiger partial charge in [-0.3, -0.25) is 0 Å². The van der Waals surface area contributed by atoms with E-state index in [1.54, 1.807) is 25.2 Å². The number of likely N-dealkylation sites (tertiary alicyclic amines) is 1. The highest BCUT2D eigenvalue weighted by Gasteiger charge is 2.27. The zero-order chi connectivity index (χ0) is 15.5. The van der Waals surface area contributed by atoms with E-state index in [9.17, 15) is 8.42 Å². The van der Waals surface area contributed by atoms with Crippen LogP contribution in [0.4, 0.5) is 0 Å². The summed E-state index contributed by atoms with van der Waals surface area (Å²) in [6.07, 6.45) is 2.10. The van der Waals surface area contributed by atoms with Crippen LogP contribution < -0.4 is 5.73 Å². The second-order valence-corrected chi connectivity index (χ2v) is 7.86. The van der Waals surface area contributed by atoms with Crippen LogP contribution in [0.1, 0.15) is 18.4 Å². The van der Waals surface area contributed by atoms with Gasteiger partial charge in [-0.25, -0.2) is 12.7 Å². The van der Waals surface area contributed by atoms with E-state index in [4.69, 9.17) is 5.73 Å². The molecule has 1 aromatic carbocycles. The number of rotatable bonds is 5. The molecule has 118 valence electrons. The van der Waals surface area contributed by atoms with Crippen molar-refractivity contribution in [2.75, 3.05) is 33.7 Å². The molecule has 1 heterocycles. The van der Waals surface area contributed by atoms with Crippen molar-refractivity contribution in [3.05, 3.63) is 29.8 Å². The lowest BCUT2D eigenvalue weighted by Crippen LogP contribution is -2.38. The van der Waals surface area contributed by atoms with Crippen molar-refractivity contribution in [1.82, 2.24) is 9.21 Å². The highest BCUT2D eigenvalue weighted by Crippen LogP contribution is 2.23. The number of nitrogens with zero attached hydrogens (tertiary/aromatic N) is 2. The van der Waals surface area contributed by atoms with Crippen LogP contribution in [0, 0.1) is 5.92 Å². The Balaban J connectivity index is 2.11. The topological polar surface area (TPSA) is 66.6 Å². The van der Waals surface area contributed by atoms with E-state index in [0.29, 0.717) is 22.9 Å². The third-order valence-electron chi connectivity index (χ3n) is 4.23. The van der Waals surface area contributed by atoms with Gasteiger partial charge < -0.3 is 10.6 Å². The van der Waals surface area contributed by atoms with Crippen molar-refractivity contribution < 1.29 is 8.42 Å². The Hall–Kier alpha value is -0.950. The third kappa shape index (κ3) is 3.83. The zero-order valence-corrected chi connectivity index (χ0v) is 13.6. The van der Waals surface area contributed by atoms with Crippen LogP contribution in [-0.2, 0) is 16.6 Å². The van der Waals surface area contributed by atoms with Gasteiger partial charge >= 0.3 is 0 Å². The standard InChI is InChI=1S/C15H25N3O2S/c1-17-9-7-13(8-10-17)12-18(2)21(19,20)15-6-4-3-5-14(15)11-16/h3-6,13H,7-12,16H2,1-2H3. The van der Waals surface area contributed by atoms with Crippen LogP contribution >= 0.6 is 0 Å². The van der Waals surface area contributed by atoms with Crippen LogP contribution in [0.2, 0.25) is 0 Å². The Morgan fingerprint density at radius 2 is 1.90 bits per heavy atom. The first-order valence-corrected chi connectivity index (χ1v) is 8.82. The van der Waals surface area contributed by atoms with Gasteiger partial charge in [0.25, 0.3) is 0 Å². The molecule has 0 saturated carbocycles. The molecule has 5 nitrogen and oxygen atoms in total. The molecule has 1 aromatic rings. The lowest BCUT2D eigenvalue weighted by Gasteiger charge is -2.31. The summed E-state index contributed by atoms with van der Waals surface area (Å²) in [5.74, 6) is 0.436. The molecular weight excluding hydrogens is 286 g/mol. The van der Waals surface area contributed by atoms with E-state index in [2.05, 4.69) is 11.9 Å². The molecule has 2 N–H and O–H groups in total. The van der Waals surface area contributed by atoms with Crippen molar-refractivity contribution >= 4 is 10.0 Å². The second-order valence-electron chi connectivity index (χ2n) is 5.84. The summed E-state index contributed by atoms with van der Waals surface area (Å²) in [6, 6.07) is 6.98. The van der Waals surface area contributed by atoms with Gasteiger partial charge in [-0.2, -0.15) is 0 Å². The number of benzene rings is 1. The molecule has 0 unspecified atom stereocenters. The summed E-state index contributed by atoms with van der Waals surface area (Å²) >= 11 is 0. The maximum Gasteiger partial charge on any atom is 0.243 e. The molecule has 6 heteroatoms. The summed E-state index contributed by atoms with van der Waals surface area (Å²) in [6.45, 7) is 2.89. The van der Waals surface area contributed by atoms with Gasteiger partial charge in [0.15, 0.2) is 0 Å². The normalized spacial score (nSPS) is 18.3. The lowest BCUT2D eigenvalue weighted by molar-refractivity contribution is 0.202. The minimum atomic E-state index is -3.45. The molecule has 0 atom stereocenters. The van der Waals surface area contributed by atoms with Gasteiger partial charge in [0.2, 0.25) is 10.0 Å². The van der Waals surface area contributed by atoms with Crippen LogP contribution in [-0.4, -0.2) is 51.4 Å². The summed E-state index contributed by atoms with van der Waals surface area (Å²) in [4.78, 5) is 2.62. The molecule has 0 bridgehead atoms. The van der Waals surface area contributed by atoms with Crippen molar-refractivity contribution in [2.45, 2.75) is 24.3 Å². The fourth-order valence-electron chi connectivity index (χ4n) is 2.80. The molecule has 0 radical (unpaired) electrons. The van der Waals surface area contributed by atoms with E-state index in [1.807, 2.05) is 6.07 Å². The minimum absolute atomic E-state index is 0.234. The van der Waals surface area contributed by atoms with Gasteiger partial charge in [-0.1, -0.05) is 18.2 Å². The molecule has 0 aliphatic carbocycles. The number of hydrogen-bond donors (Lipinski definition) is 1. The largest absolute Gasteiger partial charge is 0.326 e. The molecule has 1 aliphatic heterocycles. The molecule has 2 rings (SSSR count). The number of nitrogens with two attached hydrogens (primary N) is 1. The fraction of sp³-hybridized carbons (Fsp3) is 0.600. The zero-order valence-electron chi connectivity index (χ0n) is 12.8. The number of hydrogen-bond acceptors (Lipinski definition) is 4. The van der Waals surface area contributed by atoms with Crippen LogP contribution in [0.3, 0.4) is 0 Å². The van der Waals surface area contributed by atoms with Crippen molar-refractivity contribution in [1.29, 1.82) is 0 Å². The Kier molecular flexibility index (Phi) is 5.37. The fourth-order valence-corrected chi connectivity index (χ4v) is 4.27. The predicted octanol–water partition coefficient (Wildman–Crippen LogP) is 1.11. The minimum Gasteiger partial charge on any atom is -0.326 e. The molecule has 1 fully saturated rings. The van der Waals surface area contributed by atoms with Crippen molar-refractivity contribution in [2.24, 2.45) is 11.7 Å². The quantitative estimate of drug-likeness (QED) is 0.884. The van der Waals surface area contributed by atoms with Crippen LogP contribution in [0.15, 0.2) is 29.2 Å². The van der Waals surface area contributed by atoms with E-state index in [1.165, 1.54) is 4.31 Å². The maximum absolute atomic E-state index is 12.7. The number of piperidine rings is 1. The Bertz CT molecular complexity index is 566. The van der Waals surface area contributed by atoms with E-state index in [0.717, 1.165) is 25.9 Å². The summed E-state index contributed by atoms with van der Waals surface area (Å²) < 4.78 is 26.9. The molecule has 1 aliphatic rings. The molecule has 0 amide bonds. The van der Waals surface area contributed by atoms with E-state index < -0.39 is 10.0 Å². The molecule has 0 aromatic heterocycles. The first kappa shape index (κ1) is 16.4. The first-order chi connectivity index (χ1) is 9.95. The molecular formula is C15H25N3O2S. The van der Waals surface area contributed by atoms with Crippen LogP contribution in [0.5, 0.6) is 0 Å². The van der Waals surface area contributed by atoms with E-state index >= 15 is 0 Å². The first-order valence-electron chi connectivity index (χ1n) is 7.38. The smallest absolute Gasteiger partial charge is 0.243 e. The highest BCUT2D eigenvalue weighted by molar-refractivity contribution is 7.89. The van der Waals surface area contributed by atoms with Gasteiger partial charge in [-0.15, -0.1) is 0 Å². The lowest BCUT2D eigenvalue weighted by atomic mass is 9.97. The van der Waals surface area contributed by atoms with Crippen molar-refractivity contribution in [3.8, 4) is 0 Å². The Labute approximate surface area is 127 Å². The average Bonchev–Trinajstić information content (AvgIpc) is 2.49. The third-order valence-corrected chi connectivity index (χ3v) is 6.16. The monoisotopic (exact) mass is 311 g/mol. The van der Waals surface area contributed by atoms with Gasteiger partial charge in [0, 0.05) is 20.1 Å². The van der Waals surface area contributed by atoms with Gasteiger partial charge in [-0.05, 0) is 50.5 Å². The maximum atomic E-state index is 12.7. The van der Waals surface area contributed by atoms with E-state index in [-0.39, 0.29) is 6.54 Å². The predicted molar refractivity (Wildman–Crippen MR) is 84.4 cm³/mol. The van der Waals surface area contributed by atoms with Crippen LogP contribution in [0.25, 0.3) is 0 Å². The van der Waals surface area contributed by atoms with Gasteiger partial charge in [0.05, 0.1) is 4.90 Å². The molecule has 1 saturated heterocycles. The number of sulfonamides is 1. The molecule has 21 heavy (non-hydrogen) atoms. The summed E-state index contributed by atoms with van der Waals surface area (Å²) in [5.41, 5.74) is 6.33. The average molecular weight is 311 g/mol. The summed E-state index contributed by atoms with van der Waals surface area (Å²) in [7, 11) is 0.318.